The zero-order chi connectivity index (χ0) is 19.3. The second-order valence-electron chi connectivity index (χ2n) is 5.88. The van der Waals surface area contributed by atoms with E-state index in [1.54, 1.807) is 19.2 Å². The Hall–Kier alpha value is -2.29. The molecule has 6 nitrogen and oxygen atoms in total. The Labute approximate surface area is 183 Å². The summed E-state index contributed by atoms with van der Waals surface area (Å²) in [7, 11) is 3.13. The summed E-state index contributed by atoms with van der Waals surface area (Å²) in [6.07, 6.45) is 1.71. The van der Waals surface area contributed by atoms with E-state index in [0.29, 0.717) is 12.2 Å². The molecule has 2 aromatic rings. The molecule has 0 spiro atoms. The van der Waals surface area contributed by atoms with E-state index in [2.05, 4.69) is 15.6 Å². The molecule has 0 aliphatic carbocycles. The summed E-state index contributed by atoms with van der Waals surface area (Å²) in [6.45, 7) is 2.18. The summed E-state index contributed by atoms with van der Waals surface area (Å²) in [5.74, 6) is 1.33. The van der Waals surface area contributed by atoms with Gasteiger partial charge in [-0.1, -0.05) is 30.3 Å². The first-order valence-electron chi connectivity index (χ1n) is 9.02. The molecule has 0 aliphatic rings. The highest BCUT2D eigenvalue weighted by Gasteiger charge is 2.04. The number of para-hydroxylation sites is 1. The smallest absolute Gasteiger partial charge is 0.337 e. The fraction of sp³-hybridized carbons (Fsp3) is 0.333. The lowest BCUT2D eigenvalue weighted by Crippen LogP contribution is -2.39. The molecule has 152 valence electrons. The second-order valence-corrected chi connectivity index (χ2v) is 5.88. The van der Waals surface area contributed by atoms with Crippen LogP contribution in [0.2, 0.25) is 0 Å². The van der Waals surface area contributed by atoms with Crippen LogP contribution in [0.5, 0.6) is 5.75 Å². The van der Waals surface area contributed by atoms with Crippen molar-refractivity contribution in [3.05, 3.63) is 65.7 Å². The summed E-state index contributed by atoms with van der Waals surface area (Å²) in [5.41, 5.74) is 1.70. The number of hydrogen-bond donors (Lipinski definition) is 2. The molecule has 2 rings (SSSR count). The number of hydrogen-bond acceptors (Lipinski definition) is 4. The van der Waals surface area contributed by atoms with E-state index in [-0.39, 0.29) is 29.9 Å². The fourth-order valence-electron chi connectivity index (χ4n) is 2.46. The van der Waals surface area contributed by atoms with Gasteiger partial charge in [0, 0.05) is 20.1 Å². The molecular weight excluding hydrogens is 469 g/mol. The molecular formula is C21H28IN3O3. The van der Waals surface area contributed by atoms with Gasteiger partial charge in [0.25, 0.3) is 0 Å². The molecule has 0 bridgehead atoms. The molecule has 0 atom stereocenters. The van der Waals surface area contributed by atoms with Gasteiger partial charge >= 0.3 is 5.97 Å². The number of methoxy groups -OCH3 is 1. The van der Waals surface area contributed by atoms with Crippen molar-refractivity contribution in [2.45, 2.75) is 12.8 Å². The van der Waals surface area contributed by atoms with Gasteiger partial charge in [-0.25, -0.2) is 4.79 Å². The Morgan fingerprint density at radius 2 is 1.68 bits per heavy atom. The topological polar surface area (TPSA) is 72.0 Å². The number of carbonyl (C=O) groups excluding carboxylic acids is 1. The molecule has 0 saturated carbocycles. The number of halogens is 1. The number of ether oxygens (including phenoxy) is 2. The molecule has 28 heavy (non-hydrogen) atoms. The van der Waals surface area contributed by atoms with Crippen molar-refractivity contribution in [1.82, 2.24) is 10.6 Å². The van der Waals surface area contributed by atoms with Gasteiger partial charge in [0.1, 0.15) is 5.75 Å². The van der Waals surface area contributed by atoms with Crippen LogP contribution in [0, 0.1) is 0 Å². The summed E-state index contributed by atoms with van der Waals surface area (Å²) in [5, 5.41) is 6.55. The monoisotopic (exact) mass is 497 g/mol. The number of carbonyl (C=O) groups is 1. The Morgan fingerprint density at radius 3 is 2.32 bits per heavy atom. The SMILES string of the molecule is CN=C(NCCCOc1ccccc1)NCCc1ccc(C(=O)OC)cc1.I. The quantitative estimate of drug-likeness (QED) is 0.183. The van der Waals surface area contributed by atoms with Crippen molar-refractivity contribution in [1.29, 1.82) is 0 Å². The van der Waals surface area contributed by atoms with Crippen molar-refractivity contribution in [2.75, 3.05) is 33.9 Å². The van der Waals surface area contributed by atoms with Crippen molar-refractivity contribution in [3.63, 3.8) is 0 Å². The van der Waals surface area contributed by atoms with Crippen LogP contribution in [0.3, 0.4) is 0 Å². The van der Waals surface area contributed by atoms with E-state index < -0.39 is 0 Å². The Bertz CT molecular complexity index is 721. The van der Waals surface area contributed by atoms with E-state index in [1.807, 2.05) is 42.5 Å². The fourth-order valence-corrected chi connectivity index (χ4v) is 2.46. The van der Waals surface area contributed by atoms with E-state index >= 15 is 0 Å². The summed E-state index contributed by atoms with van der Waals surface area (Å²) < 4.78 is 10.4. The van der Waals surface area contributed by atoms with Crippen LogP contribution in [0.25, 0.3) is 0 Å². The molecule has 0 aliphatic heterocycles. The van der Waals surface area contributed by atoms with E-state index in [0.717, 1.165) is 43.2 Å². The molecule has 0 radical (unpaired) electrons. The van der Waals surface area contributed by atoms with Gasteiger partial charge in [0.05, 0.1) is 19.3 Å². The van der Waals surface area contributed by atoms with Gasteiger partial charge in [0.2, 0.25) is 0 Å². The van der Waals surface area contributed by atoms with Gasteiger partial charge in [-0.2, -0.15) is 0 Å². The number of nitrogens with zero attached hydrogens (tertiary/aromatic N) is 1. The molecule has 0 aromatic heterocycles. The number of rotatable bonds is 9. The number of benzene rings is 2. The minimum absolute atomic E-state index is 0. The number of nitrogens with one attached hydrogen (secondary N) is 2. The Balaban J connectivity index is 0.00000392. The minimum atomic E-state index is -0.319. The van der Waals surface area contributed by atoms with Gasteiger partial charge in [-0.15, -0.1) is 24.0 Å². The van der Waals surface area contributed by atoms with Gasteiger partial charge in [-0.05, 0) is 42.7 Å². The lowest BCUT2D eigenvalue weighted by molar-refractivity contribution is 0.0600. The zero-order valence-corrected chi connectivity index (χ0v) is 18.6. The van der Waals surface area contributed by atoms with Gasteiger partial charge < -0.3 is 20.1 Å². The van der Waals surface area contributed by atoms with E-state index in [1.165, 1.54) is 7.11 Å². The standard InChI is InChI=1S/C21H27N3O3.HI/c1-22-21(23-14-6-16-27-19-7-4-3-5-8-19)24-15-13-17-9-11-18(12-10-17)20(25)26-2;/h3-5,7-12H,6,13-16H2,1-2H3,(H2,22,23,24);1H. The normalized spacial score (nSPS) is 10.6. The third kappa shape index (κ3) is 8.60. The lowest BCUT2D eigenvalue weighted by Gasteiger charge is -2.12. The van der Waals surface area contributed by atoms with Crippen LogP contribution in [0.15, 0.2) is 59.6 Å². The highest BCUT2D eigenvalue weighted by Crippen LogP contribution is 2.08. The van der Waals surface area contributed by atoms with Gasteiger partial charge in [0.15, 0.2) is 5.96 Å². The average Bonchev–Trinajstić information content (AvgIpc) is 2.73. The minimum Gasteiger partial charge on any atom is -0.494 e. The van der Waals surface area contributed by atoms with Crippen LogP contribution in [0.4, 0.5) is 0 Å². The van der Waals surface area contributed by atoms with Crippen LogP contribution < -0.4 is 15.4 Å². The first-order valence-corrected chi connectivity index (χ1v) is 9.02. The molecule has 7 heteroatoms. The third-order valence-corrected chi connectivity index (χ3v) is 3.93. The number of esters is 1. The maximum atomic E-state index is 11.4. The van der Waals surface area contributed by atoms with Crippen LogP contribution >= 0.6 is 24.0 Å². The summed E-state index contributed by atoms with van der Waals surface area (Å²) in [6, 6.07) is 17.2. The molecule has 0 amide bonds. The highest BCUT2D eigenvalue weighted by atomic mass is 127. The van der Waals surface area contributed by atoms with Crippen LogP contribution in [0.1, 0.15) is 22.3 Å². The predicted octanol–water partition coefficient (Wildman–Crippen LogP) is 3.27. The molecule has 0 unspecified atom stereocenters. The maximum Gasteiger partial charge on any atom is 0.337 e. The molecule has 0 fully saturated rings. The van der Waals surface area contributed by atoms with E-state index in [9.17, 15) is 4.79 Å². The Morgan fingerprint density at radius 1 is 1.00 bits per heavy atom. The molecule has 2 aromatic carbocycles. The zero-order valence-electron chi connectivity index (χ0n) is 16.3. The Kier molecular flexibility index (Phi) is 11.7. The van der Waals surface area contributed by atoms with Crippen LogP contribution in [-0.4, -0.2) is 45.8 Å². The summed E-state index contributed by atoms with van der Waals surface area (Å²) >= 11 is 0. The van der Waals surface area contributed by atoms with Crippen molar-refractivity contribution in [2.24, 2.45) is 4.99 Å². The number of guanidine groups is 1. The van der Waals surface area contributed by atoms with Crippen molar-refractivity contribution < 1.29 is 14.3 Å². The first-order chi connectivity index (χ1) is 13.2. The lowest BCUT2D eigenvalue weighted by atomic mass is 10.1. The highest BCUT2D eigenvalue weighted by molar-refractivity contribution is 14.0. The van der Waals surface area contributed by atoms with Gasteiger partial charge in [-0.3, -0.25) is 4.99 Å². The van der Waals surface area contributed by atoms with Crippen molar-refractivity contribution in [3.8, 4) is 5.75 Å². The molecule has 2 N–H and O–H groups in total. The van der Waals surface area contributed by atoms with Crippen LogP contribution in [-0.2, 0) is 11.2 Å². The second kappa shape index (κ2) is 13.8. The maximum absolute atomic E-state index is 11.4. The number of aliphatic imine (C=N–C) groups is 1. The third-order valence-electron chi connectivity index (χ3n) is 3.93. The van der Waals surface area contributed by atoms with Crippen molar-refractivity contribution >= 4 is 35.9 Å². The first kappa shape index (κ1) is 23.7. The summed E-state index contributed by atoms with van der Waals surface area (Å²) in [4.78, 5) is 15.6. The largest absolute Gasteiger partial charge is 0.494 e. The predicted molar refractivity (Wildman–Crippen MR) is 123 cm³/mol. The average molecular weight is 497 g/mol. The molecule has 0 saturated heterocycles. The van der Waals surface area contributed by atoms with E-state index in [4.69, 9.17) is 9.47 Å². The molecule has 0 heterocycles.